The topological polar surface area (TPSA) is 60.0 Å². The Hall–Kier alpha value is -1.81. The van der Waals surface area contributed by atoms with Gasteiger partial charge in [0.25, 0.3) is 0 Å². The second kappa shape index (κ2) is 7.10. The average molecular weight is 273 g/mol. The first-order chi connectivity index (χ1) is 9.76. The van der Waals surface area contributed by atoms with E-state index in [9.17, 15) is 4.79 Å². The molecule has 1 aromatic carbocycles. The first-order valence-corrected chi connectivity index (χ1v) is 7.32. The van der Waals surface area contributed by atoms with Gasteiger partial charge < -0.3 is 4.57 Å². The predicted molar refractivity (Wildman–Crippen MR) is 82.1 cm³/mol. The summed E-state index contributed by atoms with van der Waals surface area (Å²) in [6, 6.07) is 8.66. The van der Waals surface area contributed by atoms with E-state index in [4.69, 9.17) is 5.84 Å². The molecule has 0 aliphatic heterocycles. The van der Waals surface area contributed by atoms with Crippen LogP contribution in [0.1, 0.15) is 38.2 Å². The van der Waals surface area contributed by atoms with E-state index in [1.165, 1.54) is 16.5 Å². The quantitative estimate of drug-likeness (QED) is 0.353. The number of fused-ring (bicyclic) bond motifs is 1. The van der Waals surface area contributed by atoms with Crippen LogP contribution in [-0.4, -0.2) is 10.5 Å². The third kappa shape index (κ3) is 3.39. The van der Waals surface area contributed by atoms with Gasteiger partial charge in [-0.2, -0.15) is 0 Å². The van der Waals surface area contributed by atoms with Crippen molar-refractivity contribution >= 4 is 16.8 Å². The molecule has 4 nitrogen and oxygen atoms in total. The number of nitrogens with zero attached hydrogens (tertiary/aromatic N) is 1. The van der Waals surface area contributed by atoms with Crippen LogP contribution in [0.5, 0.6) is 0 Å². The summed E-state index contributed by atoms with van der Waals surface area (Å²) in [5, 5.41) is 1.31. The van der Waals surface area contributed by atoms with Gasteiger partial charge in [-0.3, -0.25) is 10.2 Å². The molecule has 4 heteroatoms. The van der Waals surface area contributed by atoms with Gasteiger partial charge in [0.1, 0.15) is 0 Å². The molecular formula is C16H23N3O. The van der Waals surface area contributed by atoms with Crippen LogP contribution in [0.25, 0.3) is 10.9 Å². The number of unbranched alkanes of at least 4 members (excludes halogenated alkanes) is 2. The Morgan fingerprint density at radius 2 is 2.10 bits per heavy atom. The number of nitrogens with one attached hydrogen (secondary N) is 1. The van der Waals surface area contributed by atoms with Gasteiger partial charge in [0, 0.05) is 19.2 Å². The Kier molecular flexibility index (Phi) is 5.18. The molecule has 1 aromatic heterocycles. The lowest BCUT2D eigenvalue weighted by Gasteiger charge is -2.08. The van der Waals surface area contributed by atoms with Crippen molar-refractivity contribution in [3.63, 3.8) is 0 Å². The Morgan fingerprint density at radius 1 is 1.25 bits per heavy atom. The summed E-state index contributed by atoms with van der Waals surface area (Å²) < 4.78 is 2.33. The van der Waals surface area contributed by atoms with Gasteiger partial charge in [0.2, 0.25) is 5.91 Å². The maximum absolute atomic E-state index is 11.0. The molecule has 1 amide bonds. The van der Waals surface area contributed by atoms with Crippen LogP contribution < -0.4 is 11.3 Å². The van der Waals surface area contributed by atoms with Gasteiger partial charge in [-0.15, -0.1) is 0 Å². The molecule has 2 rings (SSSR count). The van der Waals surface area contributed by atoms with Crippen molar-refractivity contribution in [2.75, 3.05) is 0 Å². The van der Waals surface area contributed by atoms with Crippen molar-refractivity contribution in [1.82, 2.24) is 9.99 Å². The van der Waals surface area contributed by atoms with E-state index >= 15 is 0 Å². The van der Waals surface area contributed by atoms with E-state index in [2.05, 4.69) is 47.4 Å². The zero-order valence-corrected chi connectivity index (χ0v) is 12.1. The molecule has 108 valence electrons. The standard InChI is InChI=1S/C16H23N3O/c1-2-13-7-6-8-14-10-12-19(16(13)14)11-5-3-4-9-15(20)18-17/h6-8,10,12H,2-5,9,11,17H2,1H3,(H,18,20). The van der Waals surface area contributed by atoms with Gasteiger partial charge in [-0.1, -0.05) is 31.5 Å². The first kappa shape index (κ1) is 14.6. The average Bonchev–Trinajstić information content (AvgIpc) is 2.90. The molecule has 0 bridgehead atoms. The number of hydrogen-bond acceptors (Lipinski definition) is 2. The molecule has 1 heterocycles. The highest BCUT2D eigenvalue weighted by Crippen LogP contribution is 2.21. The number of carbonyl (C=O) groups excluding carboxylic acids is 1. The lowest BCUT2D eigenvalue weighted by atomic mass is 10.1. The number of carbonyl (C=O) groups is 1. The highest BCUT2D eigenvalue weighted by Gasteiger charge is 2.05. The van der Waals surface area contributed by atoms with E-state index in [-0.39, 0.29) is 5.91 Å². The molecule has 0 saturated carbocycles. The largest absolute Gasteiger partial charge is 0.347 e. The minimum Gasteiger partial charge on any atom is -0.347 e. The van der Waals surface area contributed by atoms with Crippen LogP contribution in [0.3, 0.4) is 0 Å². The zero-order valence-electron chi connectivity index (χ0n) is 12.1. The molecular weight excluding hydrogens is 250 g/mol. The summed E-state index contributed by atoms with van der Waals surface area (Å²) in [4.78, 5) is 11.0. The molecule has 0 aliphatic carbocycles. The summed E-state index contributed by atoms with van der Waals surface area (Å²) >= 11 is 0. The fourth-order valence-electron chi connectivity index (χ4n) is 2.63. The first-order valence-electron chi connectivity index (χ1n) is 7.32. The number of para-hydroxylation sites is 1. The minimum atomic E-state index is -0.0790. The van der Waals surface area contributed by atoms with Crippen LogP contribution in [0, 0.1) is 0 Å². The lowest BCUT2D eigenvalue weighted by molar-refractivity contribution is -0.121. The summed E-state index contributed by atoms with van der Waals surface area (Å²) in [6.07, 6.45) is 6.75. The highest BCUT2D eigenvalue weighted by molar-refractivity contribution is 5.83. The van der Waals surface area contributed by atoms with Crippen molar-refractivity contribution in [1.29, 1.82) is 0 Å². The summed E-state index contributed by atoms with van der Waals surface area (Å²) in [5.41, 5.74) is 4.92. The second-order valence-corrected chi connectivity index (χ2v) is 5.10. The maximum Gasteiger partial charge on any atom is 0.233 e. The van der Waals surface area contributed by atoms with E-state index < -0.39 is 0 Å². The molecule has 3 N–H and O–H groups in total. The van der Waals surface area contributed by atoms with Crippen LogP contribution in [0.15, 0.2) is 30.5 Å². The third-order valence-electron chi connectivity index (χ3n) is 3.72. The fourth-order valence-corrected chi connectivity index (χ4v) is 2.63. The van der Waals surface area contributed by atoms with E-state index in [1.54, 1.807) is 0 Å². The third-order valence-corrected chi connectivity index (χ3v) is 3.72. The Balaban J connectivity index is 1.92. The summed E-state index contributed by atoms with van der Waals surface area (Å²) in [6.45, 7) is 3.20. The molecule has 0 radical (unpaired) electrons. The van der Waals surface area contributed by atoms with Crippen molar-refractivity contribution in [2.45, 2.75) is 45.6 Å². The van der Waals surface area contributed by atoms with Gasteiger partial charge in [0.15, 0.2) is 0 Å². The maximum atomic E-state index is 11.0. The minimum absolute atomic E-state index is 0.0790. The molecule has 0 aliphatic rings. The Labute approximate surface area is 119 Å². The summed E-state index contributed by atoms with van der Waals surface area (Å²) in [7, 11) is 0. The van der Waals surface area contributed by atoms with Gasteiger partial charge in [0.05, 0.1) is 5.52 Å². The molecule has 20 heavy (non-hydrogen) atoms. The number of nitrogens with two attached hydrogens (primary N) is 1. The molecule has 0 saturated heterocycles. The molecule has 0 unspecified atom stereocenters. The van der Waals surface area contributed by atoms with Crippen molar-refractivity contribution in [2.24, 2.45) is 5.84 Å². The van der Waals surface area contributed by atoms with Gasteiger partial charge in [-0.25, -0.2) is 5.84 Å². The zero-order chi connectivity index (χ0) is 14.4. The van der Waals surface area contributed by atoms with Crippen molar-refractivity contribution < 1.29 is 4.79 Å². The molecule has 0 fully saturated rings. The monoisotopic (exact) mass is 273 g/mol. The van der Waals surface area contributed by atoms with Gasteiger partial charge in [-0.05, 0) is 36.3 Å². The summed E-state index contributed by atoms with van der Waals surface area (Å²) in [5.74, 6) is 4.98. The predicted octanol–water partition coefficient (Wildman–Crippen LogP) is 2.75. The second-order valence-electron chi connectivity index (χ2n) is 5.10. The lowest BCUT2D eigenvalue weighted by Crippen LogP contribution is -2.29. The highest BCUT2D eigenvalue weighted by atomic mass is 16.2. The van der Waals surface area contributed by atoms with Crippen molar-refractivity contribution in [3.05, 3.63) is 36.0 Å². The van der Waals surface area contributed by atoms with E-state index in [1.807, 2.05) is 0 Å². The van der Waals surface area contributed by atoms with Crippen LogP contribution in [-0.2, 0) is 17.8 Å². The van der Waals surface area contributed by atoms with Gasteiger partial charge >= 0.3 is 0 Å². The molecule has 0 atom stereocenters. The van der Waals surface area contributed by atoms with Crippen LogP contribution in [0.2, 0.25) is 0 Å². The van der Waals surface area contributed by atoms with Crippen molar-refractivity contribution in [3.8, 4) is 0 Å². The molecule has 2 aromatic rings. The number of rotatable bonds is 7. The normalized spacial score (nSPS) is 10.9. The smallest absolute Gasteiger partial charge is 0.233 e. The van der Waals surface area contributed by atoms with Crippen LogP contribution in [0.4, 0.5) is 0 Å². The number of hydrazine groups is 1. The van der Waals surface area contributed by atoms with E-state index in [0.29, 0.717) is 6.42 Å². The fraction of sp³-hybridized carbons (Fsp3) is 0.438. The number of benzene rings is 1. The number of hydrogen-bond donors (Lipinski definition) is 2. The Morgan fingerprint density at radius 3 is 2.85 bits per heavy atom. The van der Waals surface area contributed by atoms with E-state index in [0.717, 1.165) is 32.2 Å². The SMILES string of the molecule is CCc1cccc2ccn(CCCCCC(=O)NN)c12. The Bertz CT molecular complexity index is 574. The number of amides is 1. The molecule has 0 spiro atoms. The number of aromatic nitrogens is 1. The van der Waals surface area contributed by atoms with Crippen LogP contribution >= 0.6 is 0 Å². The number of aryl methyl sites for hydroxylation is 2.